The molecule has 6 heteroatoms. The standard InChI is InChI=1S/C15H27N3O3/c1-5-6-17-7-8-21-13(10-17)15(19)14-12(20-4)9-16-18(14)11(2)3/h9,11,13,15,19H,5-8,10H2,1-4H3. The van der Waals surface area contributed by atoms with Crippen molar-refractivity contribution in [1.82, 2.24) is 14.7 Å². The number of rotatable bonds is 6. The molecule has 0 aliphatic carbocycles. The van der Waals surface area contributed by atoms with E-state index in [9.17, 15) is 5.11 Å². The Morgan fingerprint density at radius 2 is 2.29 bits per heavy atom. The fourth-order valence-electron chi connectivity index (χ4n) is 2.82. The summed E-state index contributed by atoms with van der Waals surface area (Å²) in [6.07, 6.45) is 1.79. The van der Waals surface area contributed by atoms with E-state index in [2.05, 4.69) is 16.9 Å². The van der Waals surface area contributed by atoms with Crippen molar-refractivity contribution in [3.8, 4) is 5.75 Å². The van der Waals surface area contributed by atoms with Crippen LogP contribution >= 0.6 is 0 Å². The summed E-state index contributed by atoms with van der Waals surface area (Å²) in [4.78, 5) is 2.33. The summed E-state index contributed by atoms with van der Waals surface area (Å²) in [5.74, 6) is 0.618. The Balaban J connectivity index is 2.18. The Kier molecular flexibility index (Phi) is 5.61. The molecule has 1 aliphatic rings. The van der Waals surface area contributed by atoms with E-state index in [1.165, 1.54) is 0 Å². The maximum absolute atomic E-state index is 10.8. The van der Waals surface area contributed by atoms with Crippen LogP contribution < -0.4 is 4.74 Å². The number of aliphatic hydroxyl groups is 1. The highest BCUT2D eigenvalue weighted by molar-refractivity contribution is 5.28. The van der Waals surface area contributed by atoms with E-state index in [4.69, 9.17) is 9.47 Å². The van der Waals surface area contributed by atoms with Crippen molar-refractivity contribution in [2.45, 2.75) is 45.4 Å². The molecule has 6 nitrogen and oxygen atoms in total. The Morgan fingerprint density at radius 1 is 1.52 bits per heavy atom. The second kappa shape index (κ2) is 7.24. The lowest BCUT2D eigenvalue weighted by molar-refractivity contribution is -0.0928. The molecule has 0 amide bonds. The second-order valence-electron chi connectivity index (χ2n) is 5.79. The molecule has 0 bridgehead atoms. The molecule has 0 saturated carbocycles. The number of aromatic nitrogens is 2. The molecule has 1 N–H and O–H groups in total. The number of nitrogens with zero attached hydrogens (tertiary/aromatic N) is 3. The molecule has 0 spiro atoms. The maximum atomic E-state index is 10.8. The summed E-state index contributed by atoms with van der Waals surface area (Å²) in [5, 5.41) is 15.1. The number of hydrogen-bond acceptors (Lipinski definition) is 5. The van der Waals surface area contributed by atoms with Gasteiger partial charge < -0.3 is 14.6 Å². The molecule has 1 aliphatic heterocycles. The molecule has 1 saturated heterocycles. The zero-order valence-electron chi connectivity index (χ0n) is 13.5. The lowest BCUT2D eigenvalue weighted by atomic mass is 10.1. The van der Waals surface area contributed by atoms with Crippen molar-refractivity contribution >= 4 is 0 Å². The van der Waals surface area contributed by atoms with Gasteiger partial charge >= 0.3 is 0 Å². The van der Waals surface area contributed by atoms with Gasteiger partial charge in [0.1, 0.15) is 17.9 Å². The van der Waals surface area contributed by atoms with Crippen LogP contribution in [0.5, 0.6) is 5.75 Å². The fourth-order valence-corrected chi connectivity index (χ4v) is 2.82. The molecule has 120 valence electrons. The van der Waals surface area contributed by atoms with Crippen LogP contribution in [0.1, 0.15) is 45.0 Å². The van der Waals surface area contributed by atoms with Gasteiger partial charge in [-0.2, -0.15) is 5.10 Å². The molecule has 0 radical (unpaired) electrons. The number of methoxy groups -OCH3 is 1. The van der Waals surface area contributed by atoms with Crippen LogP contribution in [0, 0.1) is 0 Å². The molecule has 21 heavy (non-hydrogen) atoms. The molecule has 2 heterocycles. The van der Waals surface area contributed by atoms with E-state index in [1.54, 1.807) is 13.3 Å². The highest BCUT2D eigenvalue weighted by atomic mass is 16.5. The highest BCUT2D eigenvalue weighted by Gasteiger charge is 2.32. The van der Waals surface area contributed by atoms with Crippen molar-refractivity contribution in [1.29, 1.82) is 0 Å². The van der Waals surface area contributed by atoms with Gasteiger partial charge in [-0.3, -0.25) is 9.58 Å². The zero-order chi connectivity index (χ0) is 15.4. The maximum Gasteiger partial charge on any atom is 0.162 e. The Labute approximate surface area is 126 Å². The Hall–Kier alpha value is -1.11. The van der Waals surface area contributed by atoms with Crippen LogP contribution in [0.3, 0.4) is 0 Å². The van der Waals surface area contributed by atoms with Gasteiger partial charge in [0.05, 0.1) is 19.9 Å². The molecule has 1 aromatic heterocycles. The van der Waals surface area contributed by atoms with Crippen molar-refractivity contribution in [3.05, 3.63) is 11.9 Å². The van der Waals surface area contributed by atoms with Crippen LogP contribution in [0.4, 0.5) is 0 Å². The van der Waals surface area contributed by atoms with Gasteiger partial charge in [0.2, 0.25) is 0 Å². The second-order valence-corrected chi connectivity index (χ2v) is 5.79. The third-order valence-electron chi connectivity index (χ3n) is 3.86. The molecular formula is C15H27N3O3. The highest BCUT2D eigenvalue weighted by Crippen LogP contribution is 2.31. The summed E-state index contributed by atoms with van der Waals surface area (Å²) in [6, 6.07) is 0.161. The van der Waals surface area contributed by atoms with Crippen molar-refractivity contribution in [2.24, 2.45) is 0 Å². The molecular weight excluding hydrogens is 270 g/mol. The average molecular weight is 297 g/mol. The van der Waals surface area contributed by atoms with E-state index in [-0.39, 0.29) is 12.1 Å². The van der Waals surface area contributed by atoms with Crippen molar-refractivity contribution in [2.75, 3.05) is 33.4 Å². The molecule has 2 unspecified atom stereocenters. The first-order chi connectivity index (χ1) is 10.1. The van der Waals surface area contributed by atoms with Crippen molar-refractivity contribution < 1.29 is 14.6 Å². The molecule has 2 atom stereocenters. The van der Waals surface area contributed by atoms with E-state index in [1.807, 2.05) is 18.5 Å². The van der Waals surface area contributed by atoms with E-state index < -0.39 is 6.10 Å². The topological polar surface area (TPSA) is 59.8 Å². The van der Waals surface area contributed by atoms with Gasteiger partial charge in [0.25, 0.3) is 0 Å². The Bertz CT molecular complexity index is 445. The van der Waals surface area contributed by atoms with Crippen LogP contribution in [0.2, 0.25) is 0 Å². The van der Waals surface area contributed by atoms with Crippen molar-refractivity contribution in [3.63, 3.8) is 0 Å². The number of hydrogen-bond donors (Lipinski definition) is 1. The minimum Gasteiger partial charge on any atom is -0.493 e. The largest absolute Gasteiger partial charge is 0.493 e. The summed E-state index contributed by atoms with van der Waals surface area (Å²) in [5.41, 5.74) is 0.704. The van der Waals surface area contributed by atoms with Crippen LogP contribution in [0.15, 0.2) is 6.20 Å². The van der Waals surface area contributed by atoms with E-state index in [0.717, 1.165) is 26.1 Å². The quantitative estimate of drug-likeness (QED) is 0.864. The normalized spacial score (nSPS) is 21.7. The molecule has 0 aromatic carbocycles. The lowest BCUT2D eigenvalue weighted by Crippen LogP contribution is -2.45. The molecule has 2 rings (SSSR count). The van der Waals surface area contributed by atoms with Crippen LogP contribution in [-0.4, -0.2) is 59.2 Å². The van der Waals surface area contributed by atoms with E-state index in [0.29, 0.717) is 18.1 Å². The summed E-state index contributed by atoms with van der Waals surface area (Å²) < 4.78 is 12.9. The van der Waals surface area contributed by atoms with Gasteiger partial charge in [-0.15, -0.1) is 0 Å². The van der Waals surface area contributed by atoms with Gasteiger partial charge in [-0.25, -0.2) is 0 Å². The number of ether oxygens (including phenoxy) is 2. The van der Waals surface area contributed by atoms with E-state index >= 15 is 0 Å². The Morgan fingerprint density at radius 3 is 2.90 bits per heavy atom. The first-order valence-corrected chi connectivity index (χ1v) is 7.71. The third kappa shape index (κ3) is 3.56. The fraction of sp³-hybridized carbons (Fsp3) is 0.800. The van der Waals surface area contributed by atoms with Gasteiger partial charge in [-0.1, -0.05) is 6.92 Å². The van der Waals surface area contributed by atoms with Gasteiger partial charge in [-0.05, 0) is 26.8 Å². The number of aliphatic hydroxyl groups excluding tert-OH is 1. The summed E-state index contributed by atoms with van der Waals surface area (Å²) >= 11 is 0. The first kappa shape index (κ1) is 16.3. The summed E-state index contributed by atoms with van der Waals surface area (Å²) in [7, 11) is 1.60. The molecule has 1 fully saturated rings. The monoisotopic (exact) mass is 297 g/mol. The van der Waals surface area contributed by atoms with Crippen LogP contribution in [0.25, 0.3) is 0 Å². The number of morpholine rings is 1. The predicted molar refractivity (Wildman–Crippen MR) is 80.6 cm³/mol. The smallest absolute Gasteiger partial charge is 0.162 e. The molecule has 1 aromatic rings. The zero-order valence-corrected chi connectivity index (χ0v) is 13.5. The minimum absolute atomic E-state index is 0.161. The first-order valence-electron chi connectivity index (χ1n) is 7.71. The van der Waals surface area contributed by atoms with Crippen LogP contribution in [-0.2, 0) is 4.74 Å². The summed E-state index contributed by atoms with van der Waals surface area (Å²) in [6.45, 7) is 9.59. The van der Waals surface area contributed by atoms with Gasteiger partial charge in [0, 0.05) is 19.1 Å². The SMILES string of the molecule is CCCN1CCOC(C(O)c2c(OC)cnn2C(C)C)C1. The predicted octanol–water partition coefficient (Wildman–Crippen LogP) is 1.62. The average Bonchev–Trinajstić information content (AvgIpc) is 2.91. The third-order valence-corrected chi connectivity index (χ3v) is 3.86. The van der Waals surface area contributed by atoms with Gasteiger partial charge in [0.15, 0.2) is 5.75 Å². The minimum atomic E-state index is -0.732. The lowest BCUT2D eigenvalue weighted by Gasteiger charge is -2.35.